The number of ether oxygens (including phenoxy) is 1. The van der Waals surface area contributed by atoms with Gasteiger partial charge >= 0.3 is 0 Å². The first-order valence-corrected chi connectivity index (χ1v) is 9.54. The van der Waals surface area contributed by atoms with Crippen molar-refractivity contribution in [3.8, 4) is 11.5 Å². The number of para-hydroxylation sites is 1. The topological polar surface area (TPSA) is 73.2 Å². The van der Waals surface area contributed by atoms with E-state index in [1.54, 1.807) is 36.4 Å². The van der Waals surface area contributed by atoms with Gasteiger partial charge in [0, 0.05) is 24.2 Å². The first kappa shape index (κ1) is 17.6. The summed E-state index contributed by atoms with van der Waals surface area (Å²) in [5, 5.41) is 3.87. The number of hydrogen-bond acceptors (Lipinski definition) is 5. The summed E-state index contributed by atoms with van der Waals surface area (Å²) in [5.41, 5.74) is 0.254. The van der Waals surface area contributed by atoms with Crippen LogP contribution in [0.3, 0.4) is 0 Å². The molecule has 0 aliphatic carbocycles. The number of carbonyl (C=O) groups excluding carboxylic acids is 1. The van der Waals surface area contributed by atoms with Crippen LogP contribution in [-0.2, 0) is 6.54 Å². The third-order valence-corrected chi connectivity index (χ3v) is 5.26. The van der Waals surface area contributed by atoms with Gasteiger partial charge in [-0.1, -0.05) is 35.5 Å². The number of hydrogen-bond donors (Lipinski definition) is 1. The van der Waals surface area contributed by atoms with Gasteiger partial charge in [0.1, 0.15) is 17.1 Å². The van der Waals surface area contributed by atoms with Crippen LogP contribution in [0, 0.1) is 0 Å². The maximum Gasteiger partial charge on any atom is 0.267 e. The van der Waals surface area contributed by atoms with Crippen LogP contribution < -0.4 is 15.6 Å². The molecule has 1 aromatic heterocycles. The lowest BCUT2D eigenvalue weighted by atomic mass is 10.2. The molecule has 1 aliphatic heterocycles. The molecule has 0 radical (unpaired) electrons. The first-order valence-electron chi connectivity index (χ1n) is 8.18. The van der Waals surface area contributed by atoms with Crippen molar-refractivity contribution in [2.45, 2.75) is 11.7 Å². The standard InChI is InChI=1S/C19H14ClN3O3S/c20-15-3-1-2-4-16(15)26-13-7-5-12(6-8-13)22-17(24)14-11-21-19-23(18(14)25)9-10-27-19/h1-8,11H,9-10H2,(H,22,24). The number of aromatic nitrogens is 2. The van der Waals surface area contributed by atoms with Crippen LogP contribution in [-0.4, -0.2) is 21.2 Å². The van der Waals surface area contributed by atoms with Gasteiger partial charge in [0.15, 0.2) is 5.16 Å². The molecule has 3 aromatic rings. The smallest absolute Gasteiger partial charge is 0.267 e. The molecule has 0 saturated heterocycles. The van der Waals surface area contributed by atoms with Gasteiger partial charge in [-0.15, -0.1) is 0 Å². The fourth-order valence-corrected chi connectivity index (χ4v) is 3.72. The maximum absolute atomic E-state index is 12.4. The lowest BCUT2D eigenvalue weighted by molar-refractivity contribution is 0.102. The van der Waals surface area contributed by atoms with Gasteiger partial charge in [-0.25, -0.2) is 4.98 Å². The van der Waals surface area contributed by atoms with E-state index < -0.39 is 5.91 Å². The van der Waals surface area contributed by atoms with Crippen LogP contribution in [0.2, 0.25) is 5.02 Å². The average molecular weight is 400 g/mol. The summed E-state index contributed by atoms with van der Waals surface area (Å²) < 4.78 is 7.24. The Morgan fingerprint density at radius 2 is 1.96 bits per heavy atom. The maximum atomic E-state index is 12.4. The van der Waals surface area contributed by atoms with Crippen molar-refractivity contribution < 1.29 is 9.53 Å². The molecule has 0 fully saturated rings. The summed E-state index contributed by atoms with van der Waals surface area (Å²) >= 11 is 7.58. The summed E-state index contributed by atoms with van der Waals surface area (Å²) in [6.07, 6.45) is 1.33. The molecule has 2 heterocycles. The molecule has 1 amide bonds. The van der Waals surface area contributed by atoms with Crippen molar-refractivity contribution in [2.24, 2.45) is 0 Å². The second-order valence-corrected chi connectivity index (χ2v) is 7.24. The van der Waals surface area contributed by atoms with Gasteiger partial charge < -0.3 is 10.1 Å². The minimum atomic E-state index is -0.487. The van der Waals surface area contributed by atoms with Crippen LogP contribution >= 0.6 is 23.4 Å². The number of amides is 1. The zero-order valence-corrected chi connectivity index (χ0v) is 15.6. The van der Waals surface area contributed by atoms with E-state index in [1.165, 1.54) is 22.5 Å². The van der Waals surface area contributed by atoms with Crippen molar-refractivity contribution >= 4 is 35.0 Å². The molecule has 0 unspecified atom stereocenters. The fourth-order valence-electron chi connectivity index (χ4n) is 2.63. The summed E-state index contributed by atoms with van der Waals surface area (Å²) in [6, 6.07) is 14.0. The molecule has 8 heteroatoms. The highest BCUT2D eigenvalue weighted by Gasteiger charge is 2.20. The summed E-state index contributed by atoms with van der Waals surface area (Å²) in [7, 11) is 0. The van der Waals surface area contributed by atoms with Crippen LogP contribution in [0.1, 0.15) is 10.4 Å². The molecule has 27 heavy (non-hydrogen) atoms. The lowest BCUT2D eigenvalue weighted by Gasteiger charge is -2.09. The number of anilines is 1. The predicted octanol–water partition coefficient (Wildman–Crippen LogP) is 4.05. The molecule has 0 spiro atoms. The van der Waals surface area contributed by atoms with Gasteiger partial charge in [-0.3, -0.25) is 14.2 Å². The molecule has 1 aliphatic rings. The minimum Gasteiger partial charge on any atom is -0.456 e. The Kier molecular flexibility index (Phi) is 4.87. The molecule has 0 atom stereocenters. The van der Waals surface area contributed by atoms with Crippen molar-refractivity contribution in [3.05, 3.63) is 75.7 Å². The lowest BCUT2D eigenvalue weighted by Crippen LogP contribution is -2.29. The van der Waals surface area contributed by atoms with Crippen LogP contribution in [0.15, 0.2) is 64.7 Å². The molecule has 0 saturated carbocycles. The summed E-state index contributed by atoms with van der Waals surface area (Å²) in [4.78, 5) is 29.0. The monoisotopic (exact) mass is 399 g/mol. The number of rotatable bonds is 4. The zero-order chi connectivity index (χ0) is 18.8. The third kappa shape index (κ3) is 3.70. The van der Waals surface area contributed by atoms with Gasteiger partial charge in [-0.05, 0) is 36.4 Å². The molecular weight excluding hydrogens is 386 g/mol. The summed E-state index contributed by atoms with van der Waals surface area (Å²) in [5.74, 6) is 1.43. The Balaban J connectivity index is 1.48. The Bertz CT molecular complexity index is 1070. The van der Waals surface area contributed by atoms with E-state index in [9.17, 15) is 9.59 Å². The fraction of sp³-hybridized carbons (Fsp3) is 0.105. The van der Waals surface area contributed by atoms with Gasteiger partial charge in [0.05, 0.1) is 5.02 Å². The van der Waals surface area contributed by atoms with Crippen molar-refractivity contribution in [3.63, 3.8) is 0 Å². The van der Waals surface area contributed by atoms with Crippen molar-refractivity contribution in [1.29, 1.82) is 0 Å². The van der Waals surface area contributed by atoms with Gasteiger partial charge in [0.25, 0.3) is 11.5 Å². The second-order valence-electron chi connectivity index (χ2n) is 5.77. The van der Waals surface area contributed by atoms with Gasteiger partial charge in [0.2, 0.25) is 0 Å². The Hall–Kier alpha value is -2.77. The number of carbonyl (C=O) groups is 1. The number of nitrogens with zero attached hydrogens (tertiary/aromatic N) is 2. The van der Waals surface area contributed by atoms with E-state index in [1.807, 2.05) is 12.1 Å². The minimum absolute atomic E-state index is 0.0256. The largest absolute Gasteiger partial charge is 0.456 e. The Morgan fingerprint density at radius 1 is 1.19 bits per heavy atom. The SMILES string of the molecule is O=C(Nc1ccc(Oc2ccccc2Cl)cc1)c1cnc2n(c1=O)CCS2. The third-order valence-electron chi connectivity index (χ3n) is 3.98. The Labute approximate surface area is 164 Å². The molecule has 2 aromatic carbocycles. The Morgan fingerprint density at radius 3 is 2.74 bits per heavy atom. The van der Waals surface area contributed by atoms with E-state index >= 15 is 0 Å². The number of benzene rings is 2. The van der Waals surface area contributed by atoms with E-state index in [4.69, 9.17) is 16.3 Å². The van der Waals surface area contributed by atoms with Crippen molar-refractivity contribution in [2.75, 3.05) is 11.1 Å². The number of nitrogens with one attached hydrogen (secondary N) is 1. The number of thioether (sulfide) groups is 1. The highest BCUT2D eigenvalue weighted by molar-refractivity contribution is 7.99. The highest BCUT2D eigenvalue weighted by atomic mass is 35.5. The molecular formula is C19H14ClN3O3S. The number of fused-ring (bicyclic) bond motifs is 1. The average Bonchev–Trinajstić information content (AvgIpc) is 3.15. The quantitative estimate of drug-likeness (QED) is 0.670. The molecule has 1 N–H and O–H groups in total. The van der Waals surface area contributed by atoms with E-state index in [2.05, 4.69) is 10.3 Å². The molecule has 6 nitrogen and oxygen atoms in total. The van der Waals surface area contributed by atoms with Crippen molar-refractivity contribution in [1.82, 2.24) is 9.55 Å². The number of halogens is 1. The highest BCUT2D eigenvalue weighted by Crippen LogP contribution is 2.29. The molecule has 4 rings (SSSR count). The first-order chi connectivity index (χ1) is 13.1. The van der Waals surface area contributed by atoms with Gasteiger partial charge in [-0.2, -0.15) is 0 Å². The molecule has 0 bridgehead atoms. The normalized spacial score (nSPS) is 12.5. The van der Waals surface area contributed by atoms with E-state index in [0.717, 1.165) is 5.75 Å². The molecule has 136 valence electrons. The van der Waals surface area contributed by atoms with Crippen LogP contribution in [0.25, 0.3) is 0 Å². The van der Waals surface area contributed by atoms with E-state index in [0.29, 0.717) is 33.9 Å². The predicted molar refractivity (Wildman–Crippen MR) is 105 cm³/mol. The second kappa shape index (κ2) is 7.46. The van der Waals surface area contributed by atoms with Crippen LogP contribution in [0.4, 0.5) is 5.69 Å². The zero-order valence-electron chi connectivity index (χ0n) is 14.0. The van der Waals surface area contributed by atoms with E-state index in [-0.39, 0.29) is 11.1 Å². The summed E-state index contributed by atoms with van der Waals surface area (Å²) in [6.45, 7) is 0.570. The van der Waals surface area contributed by atoms with Crippen LogP contribution in [0.5, 0.6) is 11.5 Å².